The van der Waals surface area contributed by atoms with Gasteiger partial charge in [-0.3, -0.25) is 4.79 Å². The van der Waals surface area contributed by atoms with Gasteiger partial charge in [-0.1, -0.05) is 153 Å². The molecular weight excluding hydrogens is 835 g/mol. The lowest BCUT2D eigenvalue weighted by Gasteiger charge is -2.26. The molecule has 342 valence electrons. The maximum Gasteiger partial charge on any atom is 0.299 e. The molecule has 2 aromatic heterocycles. The summed E-state index contributed by atoms with van der Waals surface area (Å²) in [6.45, 7) is 16.5. The van der Waals surface area contributed by atoms with Crippen LogP contribution in [0.4, 0.5) is 17.1 Å². The Morgan fingerprint density at radius 3 is 1.43 bits per heavy atom. The average Bonchev–Trinajstić information content (AvgIpc) is 3.93. The van der Waals surface area contributed by atoms with E-state index < -0.39 is 0 Å². The minimum Gasteiger partial charge on any atom is -0.417 e. The summed E-state index contributed by atoms with van der Waals surface area (Å²) >= 11 is 3.41. The van der Waals surface area contributed by atoms with Crippen LogP contribution >= 0.6 is 22.7 Å². The lowest BCUT2D eigenvalue weighted by atomic mass is 10.0. The second-order valence-corrected chi connectivity index (χ2v) is 19.6. The summed E-state index contributed by atoms with van der Waals surface area (Å²) < 4.78 is 4.94. The fraction of sp³-hybridized carbons (Fsp3) is 0.431. The standard InChI is InChI=1S/C58H71N3O2S2/c1-6-9-12-15-16-17-18-19-20-21-24-46-27-33-51(34-28-46)61(52-35-29-47(30-36-52)57-49(25-22-13-10-7-2)40-55(64-57)39-45(4)60-5)53-37-31-48(32-38-53)58-50(26-23-14-11-8-3)41-56(65-58)42-54(43-59)63-44-62/h27-42,44H,6-26H2,1-4H3/b45-39-,54-42+. The molecule has 5 rings (SSSR count). The SMILES string of the molecule is [C-]#[N+]/C(C)=C\c1cc(CCCCCC)c(-c2ccc(N(c3ccc(CCCCCCCCCCCC)cc3)c3ccc(-c4sc(/C=C(\C#N)OC=O)cc4CCCCCC)cc3)cc2)s1. The molecule has 2 heterocycles. The zero-order valence-corrected chi connectivity index (χ0v) is 41.3. The van der Waals surface area contributed by atoms with E-state index in [2.05, 4.69) is 115 Å². The number of benzene rings is 3. The number of aryl methyl sites for hydroxylation is 3. The molecule has 0 bridgehead atoms. The summed E-state index contributed by atoms with van der Waals surface area (Å²) in [6.07, 6.45) is 29.7. The molecule has 7 heteroatoms. The number of rotatable bonds is 30. The maximum atomic E-state index is 11.0. The van der Waals surface area contributed by atoms with Gasteiger partial charge in [-0.25, -0.2) is 4.85 Å². The second kappa shape index (κ2) is 28.6. The highest BCUT2D eigenvalue weighted by atomic mass is 32.1. The van der Waals surface area contributed by atoms with E-state index in [1.165, 1.54) is 141 Å². The molecular formula is C58H71N3O2S2. The molecule has 3 aromatic carbocycles. The number of hydrogen-bond donors (Lipinski definition) is 0. The predicted molar refractivity (Wildman–Crippen MR) is 280 cm³/mol. The summed E-state index contributed by atoms with van der Waals surface area (Å²) in [7, 11) is 0. The van der Waals surface area contributed by atoms with E-state index in [1.807, 2.05) is 19.1 Å². The fourth-order valence-electron chi connectivity index (χ4n) is 8.50. The zero-order valence-electron chi connectivity index (χ0n) is 39.6. The first-order valence-corrected chi connectivity index (χ1v) is 26.2. The topological polar surface area (TPSA) is 57.7 Å². The van der Waals surface area contributed by atoms with E-state index in [0.717, 1.165) is 58.1 Å². The molecule has 0 aliphatic carbocycles. The number of nitriles is 1. The third-order valence-electron chi connectivity index (χ3n) is 12.1. The van der Waals surface area contributed by atoms with Gasteiger partial charge in [0.1, 0.15) is 6.07 Å². The molecule has 0 N–H and O–H groups in total. The van der Waals surface area contributed by atoms with E-state index in [-0.39, 0.29) is 5.76 Å². The van der Waals surface area contributed by atoms with Crippen LogP contribution in [0.25, 0.3) is 37.9 Å². The number of carbonyl (C=O) groups excluding carboxylic acids is 1. The van der Waals surface area contributed by atoms with Crippen LogP contribution in [0.5, 0.6) is 0 Å². The van der Waals surface area contributed by atoms with E-state index >= 15 is 0 Å². The largest absolute Gasteiger partial charge is 0.417 e. The molecule has 0 fully saturated rings. The Morgan fingerprint density at radius 2 is 1.00 bits per heavy atom. The number of unbranched alkanes of at least 4 members (excludes halogenated alkanes) is 15. The highest BCUT2D eigenvalue weighted by Gasteiger charge is 2.17. The monoisotopic (exact) mass is 905 g/mol. The van der Waals surface area contributed by atoms with Crippen molar-refractivity contribution in [1.29, 1.82) is 5.26 Å². The Balaban J connectivity index is 1.43. The number of hydrogen-bond acceptors (Lipinski definition) is 6. The molecule has 5 nitrogen and oxygen atoms in total. The van der Waals surface area contributed by atoms with Crippen molar-refractivity contribution >= 4 is 58.4 Å². The van der Waals surface area contributed by atoms with Crippen LogP contribution in [0.1, 0.15) is 170 Å². The van der Waals surface area contributed by atoms with E-state index in [9.17, 15) is 10.1 Å². The fourth-order valence-corrected chi connectivity index (χ4v) is 10.9. The molecule has 5 aromatic rings. The first-order chi connectivity index (χ1) is 31.9. The highest BCUT2D eigenvalue weighted by molar-refractivity contribution is 7.17. The molecule has 0 spiro atoms. The van der Waals surface area contributed by atoms with Crippen molar-refractivity contribution in [3.05, 3.63) is 134 Å². The van der Waals surface area contributed by atoms with Crippen molar-refractivity contribution in [2.45, 2.75) is 163 Å². The summed E-state index contributed by atoms with van der Waals surface area (Å²) in [6, 6.07) is 33.5. The predicted octanol–water partition coefficient (Wildman–Crippen LogP) is 18.6. The molecule has 0 unspecified atom stereocenters. The molecule has 0 aliphatic heterocycles. The summed E-state index contributed by atoms with van der Waals surface area (Å²) in [4.78, 5) is 21.6. The Kier molecular flexibility index (Phi) is 22.4. The summed E-state index contributed by atoms with van der Waals surface area (Å²) in [5.41, 5.74) is 10.3. The number of anilines is 3. The minimum atomic E-state index is -0.00777. The van der Waals surface area contributed by atoms with Gasteiger partial charge in [0.15, 0.2) is 5.70 Å². The lowest BCUT2D eigenvalue weighted by molar-refractivity contribution is -0.124. The smallest absolute Gasteiger partial charge is 0.299 e. The average molecular weight is 906 g/mol. The first-order valence-electron chi connectivity index (χ1n) is 24.5. The Hall–Kier alpha value is -5.21. The van der Waals surface area contributed by atoms with Gasteiger partial charge in [0.05, 0.1) is 6.57 Å². The van der Waals surface area contributed by atoms with Crippen molar-refractivity contribution in [2.75, 3.05) is 4.90 Å². The van der Waals surface area contributed by atoms with Gasteiger partial charge in [0.25, 0.3) is 6.47 Å². The van der Waals surface area contributed by atoms with Crippen molar-refractivity contribution in [1.82, 2.24) is 0 Å². The van der Waals surface area contributed by atoms with Gasteiger partial charge >= 0.3 is 0 Å². The van der Waals surface area contributed by atoms with Gasteiger partial charge in [-0.05, 0) is 128 Å². The second-order valence-electron chi connectivity index (χ2n) is 17.4. The quantitative estimate of drug-likeness (QED) is 0.0151. The molecule has 0 aliphatic rings. The minimum absolute atomic E-state index is 0.00777. The zero-order chi connectivity index (χ0) is 46.1. The third kappa shape index (κ3) is 16.3. The van der Waals surface area contributed by atoms with Crippen molar-refractivity contribution in [2.24, 2.45) is 0 Å². The van der Waals surface area contributed by atoms with Gasteiger partial charge in [-0.2, -0.15) is 5.26 Å². The van der Waals surface area contributed by atoms with Gasteiger partial charge < -0.3 is 9.64 Å². The van der Waals surface area contributed by atoms with E-state index in [4.69, 9.17) is 11.3 Å². The first kappa shape index (κ1) is 50.8. The molecule has 0 radical (unpaired) electrons. The van der Waals surface area contributed by atoms with Crippen LogP contribution in [0.2, 0.25) is 0 Å². The Labute approximate surface area is 399 Å². The van der Waals surface area contributed by atoms with Crippen LogP contribution < -0.4 is 4.90 Å². The highest BCUT2D eigenvalue weighted by Crippen LogP contribution is 2.41. The number of thiophene rings is 2. The molecule has 0 atom stereocenters. The van der Waals surface area contributed by atoms with Crippen molar-refractivity contribution in [3.8, 4) is 27.0 Å². The Morgan fingerprint density at radius 1 is 0.600 bits per heavy atom. The van der Waals surface area contributed by atoms with E-state index in [1.54, 1.807) is 28.7 Å². The van der Waals surface area contributed by atoms with Gasteiger partial charge in [-0.15, -0.1) is 22.7 Å². The third-order valence-corrected chi connectivity index (χ3v) is 14.5. The van der Waals surface area contributed by atoms with E-state index in [0.29, 0.717) is 12.2 Å². The normalized spacial score (nSPS) is 11.7. The lowest BCUT2D eigenvalue weighted by Crippen LogP contribution is -2.10. The van der Waals surface area contributed by atoms with Crippen LogP contribution in [0.15, 0.2) is 96.4 Å². The summed E-state index contributed by atoms with van der Waals surface area (Å²) in [5, 5.41) is 9.56. The van der Waals surface area contributed by atoms with Crippen LogP contribution in [-0.4, -0.2) is 6.47 Å². The maximum absolute atomic E-state index is 11.0. The van der Waals surface area contributed by atoms with Crippen LogP contribution in [0, 0.1) is 17.9 Å². The number of allylic oxidation sites excluding steroid dienone is 2. The van der Waals surface area contributed by atoms with Crippen molar-refractivity contribution in [3.63, 3.8) is 0 Å². The van der Waals surface area contributed by atoms with Crippen LogP contribution in [-0.2, 0) is 28.8 Å². The number of carbonyl (C=O) groups is 1. The molecule has 0 saturated carbocycles. The molecule has 0 saturated heterocycles. The van der Waals surface area contributed by atoms with Crippen molar-refractivity contribution < 1.29 is 9.53 Å². The molecule has 65 heavy (non-hydrogen) atoms. The molecule has 0 amide bonds. The van der Waals surface area contributed by atoms with Crippen LogP contribution in [0.3, 0.4) is 0 Å². The number of nitrogens with zero attached hydrogens (tertiary/aromatic N) is 3. The Bertz CT molecular complexity index is 2320. The number of ether oxygens (including phenoxy) is 1. The van der Waals surface area contributed by atoms with Gasteiger partial charge in [0, 0.05) is 42.6 Å². The van der Waals surface area contributed by atoms with Gasteiger partial charge in [0.2, 0.25) is 5.76 Å². The summed E-state index contributed by atoms with van der Waals surface area (Å²) in [5.74, 6) is -0.00777.